The molecule has 2 aliphatic heterocycles. The highest BCUT2D eigenvalue weighted by Crippen LogP contribution is 2.24. The summed E-state index contributed by atoms with van der Waals surface area (Å²) in [6, 6.07) is 11.2. The van der Waals surface area contributed by atoms with Crippen molar-refractivity contribution >= 4 is 29.9 Å². The van der Waals surface area contributed by atoms with E-state index in [2.05, 4.69) is 59.3 Å². The number of ether oxygens (including phenoxy) is 1. The zero-order valence-electron chi connectivity index (χ0n) is 16.1. The number of nitrogens with one attached hydrogen (secondary N) is 1. The Balaban J connectivity index is 0.00000243. The summed E-state index contributed by atoms with van der Waals surface area (Å²) in [7, 11) is 0. The Kier molecular flexibility index (Phi) is 9.15. The van der Waals surface area contributed by atoms with Gasteiger partial charge in [0.1, 0.15) is 0 Å². The minimum absolute atomic E-state index is 0. The third-order valence-corrected chi connectivity index (χ3v) is 5.05. The molecule has 2 heterocycles. The topological polar surface area (TPSA) is 40.1 Å². The second-order valence-electron chi connectivity index (χ2n) is 6.93. The Morgan fingerprint density at radius 3 is 2.77 bits per heavy atom. The number of likely N-dealkylation sites (tertiary alicyclic amines) is 1. The van der Waals surface area contributed by atoms with Crippen LogP contribution in [0.3, 0.4) is 0 Å². The SMILES string of the molecule is CCCCN=C(NCC)N1CC2OCCN(Cc3ccccc3)C2C1.I. The summed E-state index contributed by atoms with van der Waals surface area (Å²) in [5.41, 5.74) is 1.38. The Labute approximate surface area is 175 Å². The molecule has 0 aliphatic carbocycles. The van der Waals surface area contributed by atoms with Crippen LogP contribution in [0, 0.1) is 0 Å². The summed E-state index contributed by atoms with van der Waals surface area (Å²) in [5.74, 6) is 1.05. The summed E-state index contributed by atoms with van der Waals surface area (Å²) in [4.78, 5) is 9.78. The fraction of sp³-hybridized carbons (Fsp3) is 0.650. The summed E-state index contributed by atoms with van der Waals surface area (Å²) in [6.07, 6.45) is 2.61. The van der Waals surface area contributed by atoms with Gasteiger partial charge < -0.3 is 15.0 Å². The van der Waals surface area contributed by atoms with Gasteiger partial charge in [-0.1, -0.05) is 43.7 Å². The third-order valence-electron chi connectivity index (χ3n) is 5.05. The molecule has 3 rings (SSSR count). The molecule has 0 bridgehead atoms. The van der Waals surface area contributed by atoms with Crippen molar-refractivity contribution in [2.75, 3.05) is 39.3 Å². The number of fused-ring (bicyclic) bond motifs is 1. The van der Waals surface area contributed by atoms with E-state index in [-0.39, 0.29) is 30.1 Å². The molecule has 2 atom stereocenters. The van der Waals surface area contributed by atoms with Crippen molar-refractivity contribution in [2.24, 2.45) is 4.99 Å². The van der Waals surface area contributed by atoms with Crippen LogP contribution in [0.2, 0.25) is 0 Å². The molecule has 2 fully saturated rings. The van der Waals surface area contributed by atoms with Crippen LogP contribution >= 0.6 is 24.0 Å². The van der Waals surface area contributed by atoms with Crippen LogP contribution < -0.4 is 5.32 Å². The fourth-order valence-corrected chi connectivity index (χ4v) is 3.71. The van der Waals surface area contributed by atoms with E-state index in [1.54, 1.807) is 0 Å². The van der Waals surface area contributed by atoms with Gasteiger partial charge in [-0.15, -0.1) is 24.0 Å². The van der Waals surface area contributed by atoms with E-state index in [1.807, 2.05) is 0 Å². The van der Waals surface area contributed by atoms with Gasteiger partial charge in [-0.05, 0) is 18.9 Å². The summed E-state index contributed by atoms with van der Waals surface area (Å²) >= 11 is 0. The summed E-state index contributed by atoms with van der Waals surface area (Å²) in [5, 5.41) is 3.46. The van der Waals surface area contributed by atoms with Crippen molar-refractivity contribution in [3.63, 3.8) is 0 Å². The number of rotatable bonds is 6. The number of benzene rings is 1. The molecule has 26 heavy (non-hydrogen) atoms. The first kappa shape index (κ1) is 21.4. The van der Waals surface area contributed by atoms with E-state index < -0.39 is 0 Å². The Morgan fingerprint density at radius 1 is 1.23 bits per heavy atom. The molecule has 0 radical (unpaired) electrons. The second-order valence-corrected chi connectivity index (χ2v) is 6.93. The molecule has 1 aromatic rings. The van der Waals surface area contributed by atoms with Crippen molar-refractivity contribution in [2.45, 2.75) is 45.4 Å². The lowest BCUT2D eigenvalue weighted by atomic mass is 10.1. The minimum atomic E-state index is 0. The molecule has 2 saturated heterocycles. The number of hydrogen-bond acceptors (Lipinski definition) is 3. The first-order chi connectivity index (χ1) is 12.3. The number of aliphatic imine (C=N–C) groups is 1. The van der Waals surface area contributed by atoms with Gasteiger partial charge in [0.2, 0.25) is 0 Å². The van der Waals surface area contributed by atoms with Crippen molar-refractivity contribution in [1.82, 2.24) is 15.1 Å². The summed E-state index contributed by atoms with van der Waals surface area (Å²) in [6.45, 7) is 10.9. The summed E-state index contributed by atoms with van der Waals surface area (Å²) < 4.78 is 6.09. The largest absolute Gasteiger partial charge is 0.373 e. The Morgan fingerprint density at radius 2 is 2.04 bits per heavy atom. The standard InChI is InChI=1S/C20H32N4O.HI/c1-3-5-11-22-20(21-4-2)24-15-18-19(16-24)25-13-12-23(18)14-17-9-7-6-8-10-17;/h6-10,18-19H,3-5,11-16H2,1-2H3,(H,21,22);1H. The molecule has 0 saturated carbocycles. The Hall–Kier alpha value is -0.860. The molecule has 0 spiro atoms. The van der Waals surface area contributed by atoms with Gasteiger partial charge in [-0.25, -0.2) is 0 Å². The van der Waals surface area contributed by atoms with Crippen LogP contribution in [0.1, 0.15) is 32.3 Å². The number of halogens is 1. The minimum Gasteiger partial charge on any atom is -0.373 e. The van der Waals surface area contributed by atoms with Gasteiger partial charge >= 0.3 is 0 Å². The van der Waals surface area contributed by atoms with Gasteiger partial charge in [0, 0.05) is 39.3 Å². The smallest absolute Gasteiger partial charge is 0.194 e. The van der Waals surface area contributed by atoms with E-state index in [0.717, 1.165) is 58.3 Å². The molecule has 6 heteroatoms. The molecule has 2 unspecified atom stereocenters. The van der Waals surface area contributed by atoms with Crippen LogP contribution in [0.5, 0.6) is 0 Å². The van der Waals surface area contributed by atoms with E-state index >= 15 is 0 Å². The van der Waals surface area contributed by atoms with Gasteiger partial charge in [0.05, 0.1) is 18.8 Å². The average molecular weight is 472 g/mol. The highest BCUT2D eigenvalue weighted by atomic mass is 127. The Bertz CT molecular complexity index is 554. The first-order valence-corrected chi connectivity index (χ1v) is 9.74. The number of morpholine rings is 1. The molecule has 1 N–H and O–H groups in total. The predicted octanol–water partition coefficient (Wildman–Crippen LogP) is 2.96. The lowest BCUT2D eigenvalue weighted by Gasteiger charge is -2.36. The zero-order valence-corrected chi connectivity index (χ0v) is 18.4. The third kappa shape index (κ3) is 5.57. The normalized spacial score (nSPS) is 23.5. The molecular formula is C20H33IN4O. The highest BCUT2D eigenvalue weighted by Gasteiger charge is 2.41. The van der Waals surface area contributed by atoms with Crippen LogP contribution in [-0.2, 0) is 11.3 Å². The lowest BCUT2D eigenvalue weighted by Crippen LogP contribution is -2.50. The molecule has 1 aromatic carbocycles. The van der Waals surface area contributed by atoms with E-state index in [1.165, 1.54) is 12.0 Å². The molecule has 0 amide bonds. The molecule has 2 aliphatic rings. The second kappa shape index (κ2) is 11.1. The maximum absolute atomic E-state index is 6.09. The van der Waals surface area contributed by atoms with Crippen molar-refractivity contribution < 1.29 is 4.74 Å². The molecule has 146 valence electrons. The molecule has 5 nitrogen and oxygen atoms in total. The van der Waals surface area contributed by atoms with Crippen molar-refractivity contribution in [1.29, 1.82) is 0 Å². The van der Waals surface area contributed by atoms with E-state index in [0.29, 0.717) is 6.04 Å². The van der Waals surface area contributed by atoms with Gasteiger partial charge in [-0.3, -0.25) is 9.89 Å². The van der Waals surface area contributed by atoms with Crippen molar-refractivity contribution in [3.05, 3.63) is 35.9 Å². The average Bonchev–Trinajstić information content (AvgIpc) is 3.07. The fourth-order valence-electron chi connectivity index (χ4n) is 3.71. The van der Waals surface area contributed by atoms with Crippen LogP contribution in [0.4, 0.5) is 0 Å². The van der Waals surface area contributed by atoms with Crippen LogP contribution in [0.15, 0.2) is 35.3 Å². The van der Waals surface area contributed by atoms with E-state index in [9.17, 15) is 0 Å². The van der Waals surface area contributed by atoms with Crippen molar-refractivity contribution in [3.8, 4) is 0 Å². The molecular weight excluding hydrogens is 439 g/mol. The monoisotopic (exact) mass is 472 g/mol. The number of unbranched alkanes of at least 4 members (excludes halogenated alkanes) is 1. The van der Waals surface area contributed by atoms with Crippen LogP contribution in [-0.4, -0.2) is 67.2 Å². The number of hydrogen-bond donors (Lipinski definition) is 1. The lowest BCUT2D eigenvalue weighted by molar-refractivity contribution is -0.0502. The first-order valence-electron chi connectivity index (χ1n) is 9.74. The highest BCUT2D eigenvalue weighted by molar-refractivity contribution is 14.0. The zero-order chi connectivity index (χ0) is 17.5. The molecule has 0 aromatic heterocycles. The van der Waals surface area contributed by atoms with Crippen LogP contribution in [0.25, 0.3) is 0 Å². The predicted molar refractivity (Wildman–Crippen MR) is 118 cm³/mol. The number of guanidine groups is 1. The van der Waals surface area contributed by atoms with Gasteiger partial charge in [0.25, 0.3) is 0 Å². The maximum Gasteiger partial charge on any atom is 0.194 e. The maximum atomic E-state index is 6.09. The quantitative estimate of drug-likeness (QED) is 0.299. The van der Waals surface area contributed by atoms with Gasteiger partial charge in [-0.2, -0.15) is 0 Å². The number of nitrogens with zero attached hydrogens (tertiary/aromatic N) is 3. The van der Waals surface area contributed by atoms with Gasteiger partial charge in [0.15, 0.2) is 5.96 Å². The van der Waals surface area contributed by atoms with E-state index in [4.69, 9.17) is 9.73 Å².